The molecule has 11 heteroatoms. The lowest BCUT2D eigenvalue weighted by Gasteiger charge is -2.30. The lowest BCUT2D eigenvalue weighted by molar-refractivity contribution is -0.126. The molecule has 272 valence electrons. The standard InChI is InChI=1S/C21H21NO5S.C19H29N3O/c1-2-3-13-4-5-14(15(10-13)21(24)25)16-12-28-20-17(23)11-18(27-19(16)20)22-6-8-26-9-7-22;1-6-10-14(3)20-18-15(7-2)13-17(19(23)21(4)5)22(18)16-11-8-9-12-16/h4-5,10-12H,2-3,6-9H2,1H3,(H,24,25);7,10,13,16H,6,8-9,11-12H2,1-5H3/b;14-10-,15-7-,20-18+. The van der Waals surface area contributed by atoms with Crippen molar-refractivity contribution in [3.05, 3.63) is 86.2 Å². The number of carbonyl (C=O) groups is 2. The summed E-state index contributed by atoms with van der Waals surface area (Å²) >= 11 is 1.28. The average molecular weight is 715 g/mol. The van der Waals surface area contributed by atoms with Crippen LogP contribution in [0.3, 0.4) is 0 Å². The maximum atomic E-state index is 12.6. The van der Waals surface area contributed by atoms with Crippen molar-refractivity contribution >= 4 is 45.2 Å². The number of likely N-dealkylation sites (N-methyl/N-ethyl adjacent to an activating group) is 1. The first-order valence-corrected chi connectivity index (χ1v) is 18.8. The van der Waals surface area contributed by atoms with Crippen LogP contribution in [0.25, 0.3) is 21.4 Å². The van der Waals surface area contributed by atoms with Crippen molar-refractivity contribution in [2.24, 2.45) is 4.99 Å². The summed E-state index contributed by atoms with van der Waals surface area (Å²) in [6.07, 6.45) is 13.6. The third-order valence-corrected chi connectivity index (χ3v) is 10.3. The Kier molecular flexibility index (Phi) is 12.7. The Labute approximate surface area is 304 Å². The highest BCUT2D eigenvalue weighted by molar-refractivity contribution is 7.17. The van der Waals surface area contributed by atoms with E-state index in [4.69, 9.17) is 14.1 Å². The summed E-state index contributed by atoms with van der Waals surface area (Å²) in [6, 6.07) is 7.37. The van der Waals surface area contributed by atoms with Gasteiger partial charge in [-0.05, 0) is 57.2 Å². The van der Waals surface area contributed by atoms with E-state index < -0.39 is 5.97 Å². The molecule has 1 aromatic carbocycles. The second kappa shape index (κ2) is 17.2. The van der Waals surface area contributed by atoms with Crippen molar-refractivity contribution in [1.82, 2.24) is 9.80 Å². The molecule has 10 nitrogen and oxygen atoms in total. The number of aliphatic imine (C=N–C) groups is 1. The van der Waals surface area contributed by atoms with Crippen LogP contribution in [0.5, 0.6) is 0 Å². The number of carbonyl (C=O) groups excluding carboxylic acids is 1. The van der Waals surface area contributed by atoms with Crippen LogP contribution in [-0.2, 0) is 16.0 Å². The number of fused-ring (bicyclic) bond motifs is 1. The Morgan fingerprint density at radius 2 is 1.82 bits per heavy atom. The topological polar surface area (TPSA) is 116 Å². The van der Waals surface area contributed by atoms with Gasteiger partial charge in [0.15, 0.2) is 11.5 Å². The van der Waals surface area contributed by atoms with Gasteiger partial charge in [0.05, 0.1) is 18.8 Å². The molecule has 3 aliphatic rings. The second-order valence-corrected chi connectivity index (χ2v) is 14.1. The summed E-state index contributed by atoms with van der Waals surface area (Å²) in [6.45, 7) is 10.7. The molecule has 0 atom stereocenters. The highest BCUT2D eigenvalue weighted by Gasteiger charge is 2.37. The smallest absolute Gasteiger partial charge is 0.336 e. The number of allylic oxidation sites excluding steroid dienone is 3. The molecule has 4 heterocycles. The molecule has 1 amide bonds. The summed E-state index contributed by atoms with van der Waals surface area (Å²) in [5.41, 5.74) is 5.58. The predicted molar refractivity (Wildman–Crippen MR) is 206 cm³/mol. The van der Waals surface area contributed by atoms with Crippen molar-refractivity contribution < 1.29 is 23.8 Å². The van der Waals surface area contributed by atoms with Crippen LogP contribution in [0.1, 0.15) is 82.1 Å². The third-order valence-electron chi connectivity index (χ3n) is 9.34. The molecule has 51 heavy (non-hydrogen) atoms. The maximum Gasteiger partial charge on any atom is 0.336 e. The number of benzene rings is 1. The number of anilines is 1. The van der Waals surface area contributed by atoms with Gasteiger partial charge >= 0.3 is 5.97 Å². The van der Waals surface area contributed by atoms with E-state index >= 15 is 0 Å². The first-order valence-electron chi connectivity index (χ1n) is 18.0. The van der Waals surface area contributed by atoms with E-state index in [1.54, 1.807) is 16.3 Å². The first-order chi connectivity index (χ1) is 24.6. The minimum Gasteiger partial charge on any atom is -0.478 e. The van der Waals surface area contributed by atoms with Crippen molar-refractivity contribution in [3.8, 4) is 11.1 Å². The molecule has 0 unspecified atom stereocenters. The second-order valence-electron chi connectivity index (χ2n) is 13.3. The number of thiophene rings is 1. The monoisotopic (exact) mass is 714 g/mol. The number of carboxylic acid groups (broad SMARTS) is 1. The SMILES string of the molecule is C/C=C1/C=C(C(=O)N(C)C)N(C2CCCC2)/C1=N/C(C)=C\CC.CCCc1ccc(-c2csc3c(=O)cc(N4CCOCC4)oc23)c(C(=O)O)c1. The van der Waals surface area contributed by atoms with E-state index in [-0.39, 0.29) is 16.9 Å². The van der Waals surface area contributed by atoms with Crippen molar-refractivity contribution in [2.45, 2.75) is 78.7 Å². The van der Waals surface area contributed by atoms with Gasteiger partial charge < -0.3 is 29.0 Å². The number of carboxylic acids is 1. The molecule has 1 saturated heterocycles. The Morgan fingerprint density at radius 1 is 1.10 bits per heavy atom. The zero-order chi connectivity index (χ0) is 36.7. The fourth-order valence-corrected chi connectivity index (χ4v) is 7.71. The molecule has 2 aliphatic heterocycles. The van der Waals surface area contributed by atoms with Crippen molar-refractivity contribution in [1.29, 1.82) is 0 Å². The predicted octanol–water partition coefficient (Wildman–Crippen LogP) is 7.88. The fraction of sp³-hybridized carbons (Fsp3) is 0.450. The van der Waals surface area contributed by atoms with E-state index in [2.05, 4.69) is 30.9 Å². The Hall–Kier alpha value is -4.48. The van der Waals surface area contributed by atoms with Gasteiger partial charge in [-0.1, -0.05) is 57.4 Å². The van der Waals surface area contributed by atoms with Crippen molar-refractivity contribution in [2.75, 3.05) is 45.3 Å². The molecule has 0 radical (unpaired) electrons. The van der Waals surface area contributed by atoms with Crippen LogP contribution < -0.4 is 10.3 Å². The van der Waals surface area contributed by atoms with E-state index in [1.807, 2.05) is 51.1 Å². The summed E-state index contributed by atoms with van der Waals surface area (Å²) in [4.78, 5) is 47.8. The normalized spacial score (nSPS) is 18.4. The van der Waals surface area contributed by atoms with Gasteiger partial charge in [-0.25, -0.2) is 9.79 Å². The molecular weight excluding hydrogens is 665 g/mol. The maximum absolute atomic E-state index is 12.6. The summed E-state index contributed by atoms with van der Waals surface area (Å²) in [5, 5.41) is 11.5. The molecule has 2 fully saturated rings. The van der Waals surface area contributed by atoms with Crippen LogP contribution in [0.2, 0.25) is 0 Å². The lowest BCUT2D eigenvalue weighted by atomic mass is 9.97. The Morgan fingerprint density at radius 3 is 2.45 bits per heavy atom. The van der Waals surface area contributed by atoms with Crippen LogP contribution >= 0.6 is 11.3 Å². The number of rotatable bonds is 9. The van der Waals surface area contributed by atoms with Gasteiger partial charge in [-0.15, -0.1) is 11.3 Å². The average Bonchev–Trinajstić information content (AvgIpc) is 3.88. The van der Waals surface area contributed by atoms with Gasteiger partial charge in [0.2, 0.25) is 5.43 Å². The number of morpholine rings is 1. The van der Waals surface area contributed by atoms with Gasteiger partial charge in [0.1, 0.15) is 16.2 Å². The number of amides is 1. The quantitative estimate of drug-likeness (QED) is 0.238. The van der Waals surface area contributed by atoms with Crippen molar-refractivity contribution in [3.63, 3.8) is 0 Å². The number of amidine groups is 1. The minimum atomic E-state index is -0.987. The highest BCUT2D eigenvalue weighted by Crippen LogP contribution is 2.37. The lowest BCUT2D eigenvalue weighted by Crippen LogP contribution is -2.40. The van der Waals surface area contributed by atoms with Gasteiger partial charge in [-0.2, -0.15) is 0 Å². The molecule has 6 rings (SSSR count). The number of hydrogen-bond donors (Lipinski definition) is 1. The number of hydrogen-bond acceptors (Lipinski definition) is 8. The number of nitrogens with zero attached hydrogens (tertiary/aromatic N) is 4. The minimum absolute atomic E-state index is 0.0542. The first kappa shape index (κ1) is 37.8. The number of aryl methyl sites for hydroxylation is 1. The molecule has 1 saturated carbocycles. The third kappa shape index (κ3) is 8.53. The summed E-state index contributed by atoms with van der Waals surface area (Å²) in [7, 11) is 3.62. The van der Waals surface area contributed by atoms with E-state index in [0.717, 1.165) is 60.5 Å². The largest absolute Gasteiger partial charge is 0.478 e. The molecule has 1 N–H and O–H groups in total. The molecule has 2 aromatic heterocycles. The Balaban J connectivity index is 0.000000202. The summed E-state index contributed by atoms with van der Waals surface area (Å²) < 4.78 is 12.0. The van der Waals surface area contributed by atoms with Crippen LogP contribution in [-0.4, -0.2) is 79.1 Å². The highest BCUT2D eigenvalue weighted by atomic mass is 32.1. The van der Waals surface area contributed by atoms with Gasteiger partial charge in [0.25, 0.3) is 5.91 Å². The molecule has 3 aromatic rings. The molecule has 0 spiro atoms. The number of aromatic carboxylic acids is 1. The molecule has 1 aliphatic carbocycles. The molecular formula is C40H50N4O6S. The zero-order valence-electron chi connectivity index (χ0n) is 30.7. The zero-order valence-corrected chi connectivity index (χ0v) is 31.5. The van der Waals surface area contributed by atoms with Gasteiger partial charge in [-0.3, -0.25) is 9.59 Å². The van der Waals surface area contributed by atoms with Crippen LogP contribution in [0.4, 0.5) is 5.88 Å². The number of ether oxygens (including phenoxy) is 1. The molecule has 0 bridgehead atoms. The van der Waals surface area contributed by atoms with E-state index in [0.29, 0.717) is 59.6 Å². The fourth-order valence-electron chi connectivity index (χ4n) is 6.80. The Bertz CT molecular complexity index is 1920. The summed E-state index contributed by atoms with van der Waals surface area (Å²) in [5.74, 6) is 0.504. The van der Waals surface area contributed by atoms with Crippen LogP contribution in [0, 0.1) is 0 Å². The van der Waals surface area contributed by atoms with E-state index in [1.165, 1.54) is 30.2 Å². The van der Waals surface area contributed by atoms with Gasteiger partial charge in [0, 0.05) is 67.1 Å². The van der Waals surface area contributed by atoms with Crippen LogP contribution in [0.15, 0.2) is 79.0 Å². The van der Waals surface area contributed by atoms with E-state index in [9.17, 15) is 19.5 Å².